The van der Waals surface area contributed by atoms with Crippen molar-refractivity contribution in [3.05, 3.63) is 168 Å². The molecule has 1 aromatic heterocycles. The minimum absolute atomic E-state index is 0.0977. The first kappa shape index (κ1) is 29.3. The summed E-state index contributed by atoms with van der Waals surface area (Å²) in [6.07, 6.45) is 0. The van der Waals surface area contributed by atoms with Crippen molar-refractivity contribution in [1.82, 2.24) is 9.55 Å². The largest absolute Gasteiger partial charge is 0.292 e. The summed E-state index contributed by atoms with van der Waals surface area (Å²) in [5.74, 6) is 0.969. The maximum absolute atomic E-state index is 5.29. The van der Waals surface area contributed by atoms with Crippen molar-refractivity contribution in [2.75, 3.05) is 0 Å². The third kappa shape index (κ3) is 3.61. The van der Waals surface area contributed by atoms with E-state index in [2.05, 4.69) is 178 Å². The Kier molecular flexibility index (Phi) is 5.42. The van der Waals surface area contributed by atoms with Crippen molar-refractivity contribution >= 4 is 54.1 Å². The molecular weight excluding hydrogens is 641 g/mol. The van der Waals surface area contributed by atoms with Gasteiger partial charge in [0, 0.05) is 22.1 Å². The molecule has 1 heterocycles. The number of nitrogens with zero attached hydrogens (tertiary/aromatic N) is 2. The molecule has 12 rings (SSSR count). The van der Waals surface area contributed by atoms with E-state index in [0.717, 1.165) is 28.1 Å². The van der Waals surface area contributed by atoms with Crippen LogP contribution in [-0.4, -0.2) is 9.55 Å². The second-order valence-corrected chi connectivity index (χ2v) is 16.3. The van der Waals surface area contributed by atoms with Crippen LogP contribution >= 0.6 is 0 Å². The summed E-state index contributed by atoms with van der Waals surface area (Å²) in [7, 11) is 0. The van der Waals surface area contributed by atoms with Gasteiger partial charge in [0.15, 0.2) is 0 Å². The third-order valence-electron chi connectivity index (χ3n) is 12.9. The Balaban J connectivity index is 1.14. The fourth-order valence-electron chi connectivity index (χ4n) is 10.3. The van der Waals surface area contributed by atoms with Crippen LogP contribution in [0.25, 0.3) is 93.5 Å². The molecule has 2 aliphatic carbocycles. The molecule has 2 heteroatoms. The first-order valence-electron chi connectivity index (χ1n) is 18.8. The topological polar surface area (TPSA) is 17.8 Å². The van der Waals surface area contributed by atoms with E-state index in [1.54, 1.807) is 0 Å². The van der Waals surface area contributed by atoms with Crippen LogP contribution in [0.15, 0.2) is 146 Å². The van der Waals surface area contributed by atoms with Gasteiger partial charge in [-0.3, -0.25) is 4.57 Å². The number of aromatic nitrogens is 2. The standard InChI is InChI=1S/C51H36N2/c1-50(2)39-25-21-29-12-8-9-15-33(29)47(39)37-27-41-38(28-40(37)50)48-36-24-19-30-18-23-35(34-22-20-31(46(36)45(30)34)26-42(48)51(41,3)4)49-52-43-16-10-11-17-44(43)53(49)32-13-6-5-7-14-32/h5-28H,1-4H3. The summed E-state index contributed by atoms with van der Waals surface area (Å²) in [6.45, 7) is 9.68. The molecule has 0 amide bonds. The average molecular weight is 677 g/mol. The number of imidazole rings is 1. The Hall–Kier alpha value is -6.25. The number of hydrogen-bond donors (Lipinski definition) is 0. The highest BCUT2D eigenvalue weighted by molar-refractivity contribution is 6.28. The van der Waals surface area contributed by atoms with Crippen molar-refractivity contribution in [2.45, 2.75) is 38.5 Å². The summed E-state index contributed by atoms with van der Waals surface area (Å²) in [6, 6.07) is 54.3. The van der Waals surface area contributed by atoms with E-state index in [4.69, 9.17) is 4.98 Å². The molecule has 0 radical (unpaired) electrons. The van der Waals surface area contributed by atoms with Crippen LogP contribution in [-0.2, 0) is 10.8 Å². The zero-order valence-corrected chi connectivity index (χ0v) is 30.3. The fourth-order valence-corrected chi connectivity index (χ4v) is 10.3. The molecular formula is C51H36N2. The van der Waals surface area contributed by atoms with Crippen LogP contribution in [0, 0.1) is 0 Å². The maximum atomic E-state index is 5.29. The van der Waals surface area contributed by atoms with Gasteiger partial charge in [0.05, 0.1) is 11.0 Å². The Bertz CT molecular complexity index is 3210. The van der Waals surface area contributed by atoms with Crippen molar-refractivity contribution in [1.29, 1.82) is 0 Å². The maximum Gasteiger partial charge on any atom is 0.146 e. The van der Waals surface area contributed by atoms with Crippen LogP contribution in [0.1, 0.15) is 49.9 Å². The van der Waals surface area contributed by atoms with Gasteiger partial charge in [-0.15, -0.1) is 0 Å². The van der Waals surface area contributed by atoms with Crippen molar-refractivity contribution in [3.8, 4) is 39.3 Å². The molecule has 0 fully saturated rings. The Morgan fingerprint density at radius 3 is 1.89 bits per heavy atom. The van der Waals surface area contributed by atoms with E-state index in [0.29, 0.717) is 0 Å². The normalized spacial score (nSPS) is 15.1. The summed E-state index contributed by atoms with van der Waals surface area (Å²) in [5.41, 5.74) is 15.4. The summed E-state index contributed by atoms with van der Waals surface area (Å²) in [5, 5.41) is 10.5. The first-order valence-corrected chi connectivity index (χ1v) is 18.8. The lowest BCUT2D eigenvalue weighted by Gasteiger charge is -2.24. The Morgan fingerprint density at radius 2 is 1.06 bits per heavy atom. The van der Waals surface area contributed by atoms with E-state index in [1.807, 2.05) is 0 Å². The van der Waals surface area contributed by atoms with Crippen molar-refractivity contribution in [2.24, 2.45) is 0 Å². The Labute approximate surface area is 308 Å². The van der Waals surface area contributed by atoms with Gasteiger partial charge in [0.1, 0.15) is 5.82 Å². The predicted molar refractivity (Wildman–Crippen MR) is 223 cm³/mol. The lowest BCUT2D eigenvalue weighted by Crippen LogP contribution is -2.17. The van der Waals surface area contributed by atoms with Gasteiger partial charge in [-0.2, -0.15) is 0 Å². The van der Waals surface area contributed by atoms with Gasteiger partial charge in [0.25, 0.3) is 0 Å². The fraction of sp³-hybridized carbons (Fsp3) is 0.118. The molecule has 9 aromatic carbocycles. The number of para-hydroxylation sites is 3. The minimum Gasteiger partial charge on any atom is -0.292 e. The smallest absolute Gasteiger partial charge is 0.146 e. The second-order valence-electron chi connectivity index (χ2n) is 16.3. The lowest BCUT2D eigenvalue weighted by atomic mass is 9.79. The molecule has 250 valence electrons. The van der Waals surface area contributed by atoms with E-state index in [-0.39, 0.29) is 10.8 Å². The summed E-state index contributed by atoms with van der Waals surface area (Å²) in [4.78, 5) is 5.29. The number of rotatable bonds is 2. The van der Waals surface area contributed by atoms with Crippen LogP contribution in [0.2, 0.25) is 0 Å². The first-order chi connectivity index (χ1) is 25.8. The minimum atomic E-state index is -0.146. The van der Waals surface area contributed by atoms with E-state index in [1.165, 1.54) is 87.6 Å². The van der Waals surface area contributed by atoms with Gasteiger partial charge in [-0.25, -0.2) is 4.98 Å². The van der Waals surface area contributed by atoms with Gasteiger partial charge in [-0.1, -0.05) is 125 Å². The van der Waals surface area contributed by atoms with E-state index < -0.39 is 0 Å². The molecule has 0 atom stereocenters. The van der Waals surface area contributed by atoms with Crippen LogP contribution in [0.4, 0.5) is 0 Å². The zero-order chi connectivity index (χ0) is 35.4. The molecule has 0 unspecified atom stereocenters. The predicted octanol–water partition coefficient (Wildman–Crippen LogP) is 13.4. The molecule has 10 aromatic rings. The van der Waals surface area contributed by atoms with Crippen molar-refractivity contribution in [3.63, 3.8) is 0 Å². The number of fused-ring (bicyclic) bond motifs is 10. The van der Waals surface area contributed by atoms with Gasteiger partial charge >= 0.3 is 0 Å². The number of hydrogen-bond acceptors (Lipinski definition) is 1. The van der Waals surface area contributed by atoms with Crippen LogP contribution < -0.4 is 0 Å². The number of benzene rings is 9. The second kappa shape index (κ2) is 9.79. The Morgan fingerprint density at radius 1 is 0.434 bits per heavy atom. The summed E-state index contributed by atoms with van der Waals surface area (Å²) >= 11 is 0. The van der Waals surface area contributed by atoms with Gasteiger partial charge in [-0.05, 0) is 136 Å². The quantitative estimate of drug-likeness (QED) is 0.167. The highest BCUT2D eigenvalue weighted by atomic mass is 15.1. The zero-order valence-electron chi connectivity index (χ0n) is 30.3. The monoisotopic (exact) mass is 676 g/mol. The molecule has 0 spiro atoms. The third-order valence-corrected chi connectivity index (χ3v) is 12.9. The highest BCUT2D eigenvalue weighted by Gasteiger charge is 2.43. The molecule has 0 saturated carbocycles. The van der Waals surface area contributed by atoms with Gasteiger partial charge < -0.3 is 0 Å². The molecule has 0 bridgehead atoms. The van der Waals surface area contributed by atoms with Gasteiger partial charge in [0.2, 0.25) is 0 Å². The van der Waals surface area contributed by atoms with E-state index in [9.17, 15) is 0 Å². The van der Waals surface area contributed by atoms with E-state index >= 15 is 0 Å². The molecule has 53 heavy (non-hydrogen) atoms. The van der Waals surface area contributed by atoms with Crippen LogP contribution in [0.3, 0.4) is 0 Å². The van der Waals surface area contributed by atoms with Crippen molar-refractivity contribution < 1.29 is 0 Å². The SMILES string of the molecule is CC1(C)c2cc3c(cc2-c2c1ccc1ccccc21)C(C)(C)c1cc2ccc4c(-c5nc6ccccc6n5-c5ccccc5)ccc5ccc(c1-3)c2c54. The van der Waals surface area contributed by atoms with Crippen LogP contribution in [0.5, 0.6) is 0 Å². The highest BCUT2D eigenvalue weighted by Crippen LogP contribution is 2.59. The summed E-state index contributed by atoms with van der Waals surface area (Å²) < 4.78 is 2.32. The average Bonchev–Trinajstić information content (AvgIpc) is 3.76. The molecule has 0 saturated heterocycles. The molecule has 0 N–H and O–H groups in total. The lowest BCUT2D eigenvalue weighted by molar-refractivity contribution is 0.652. The molecule has 0 aliphatic heterocycles. The molecule has 2 aliphatic rings. The molecule has 2 nitrogen and oxygen atoms in total.